The molecule has 8 atom stereocenters. The number of aromatic nitrogens is 1. The number of hydrogen-bond acceptors (Lipinski definition) is 4. The summed E-state index contributed by atoms with van der Waals surface area (Å²) in [5.74, 6) is 6.18. The van der Waals surface area contributed by atoms with Crippen LogP contribution in [0.5, 0.6) is 5.75 Å². The van der Waals surface area contributed by atoms with Crippen molar-refractivity contribution in [1.82, 2.24) is 4.98 Å². The highest BCUT2D eigenvalue weighted by Crippen LogP contribution is 2.67. The lowest BCUT2D eigenvalue weighted by atomic mass is 9.47. The molecule has 4 aliphatic rings. The minimum absolute atomic E-state index is 0.0415. The molecule has 0 aliphatic heterocycles. The molecule has 270 valence electrons. The van der Waals surface area contributed by atoms with Gasteiger partial charge >= 0.3 is 5.97 Å². The SMILES string of the molecule is CC(C)CCC[C@@H](C)[C@H]1CC[C@H]2[C@@H]3CC=C4CC(OC(=O)CCCCCCCCCCCOc5ccncc5)CC[C@]4(C)[C@H]3CC[C@]12C. The Kier molecular flexibility index (Phi) is 13.9. The molecule has 0 aromatic carbocycles. The van der Waals surface area contributed by atoms with Gasteiger partial charge in [0.25, 0.3) is 0 Å². The molecule has 4 heteroatoms. The summed E-state index contributed by atoms with van der Waals surface area (Å²) in [6, 6.07) is 3.83. The van der Waals surface area contributed by atoms with E-state index in [1.165, 1.54) is 96.3 Å². The number of pyridine rings is 1. The Bertz CT molecular complexity index is 1150. The number of carbonyl (C=O) groups is 1. The van der Waals surface area contributed by atoms with Gasteiger partial charge in [0.05, 0.1) is 6.61 Å². The summed E-state index contributed by atoms with van der Waals surface area (Å²) in [5.41, 5.74) is 2.50. The van der Waals surface area contributed by atoms with Crippen molar-refractivity contribution in [3.63, 3.8) is 0 Å². The van der Waals surface area contributed by atoms with E-state index in [9.17, 15) is 4.79 Å². The van der Waals surface area contributed by atoms with Crippen LogP contribution in [0, 0.1) is 46.3 Å². The molecule has 1 aromatic heterocycles. The van der Waals surface area contributed by atoms with Gasteiger partial charge < -0.3 is 9.47 Å². The second kappa shape index (κ2) is 17.9. The van der Waals surface area contributed by atoms with Crippen molar-refractivity contribution in [2.24, 2.45) is 46.3 Å². The highest BCUT2D eigenvalue weighted by Gasteiger charge is 2.59. The quantitative estimate of drug-likeness (QED) is 0.0841. The highest BCUT2D eigenvalue weighted by atomic mass is 16.5. The first-order valence-electron chi connectivity index (χ1n) is 20.6. The van der Waals surface area contributed by atoms with Crippen molar-refractivity contribution in [2.45, 2.75) is 176 Å². The van der Waals surface area contributed by atoms with Crippen LogP contribution in [0.25, 0.3) is 0 Å². The van der Waals surface area contributed by atoms with Gasteiger partial charge in [0.2, 0.25) is 0 Å². The van der Waals surface area contributed by atoms with Crippen LogP contribution < -0.4 is 4.74 Å². The highest BCUT2D eigenvalue weighted by molar-refractivity contribution is 5.69. The Morgan fingerprint density at radius 3 is 2.27 bits per heavy atom. The molecule has 48 heavy (non-hydrogen) atoms. The van der Waals surface area contributed by atoms with Crippen molar-refractivity contribution in [1.29, 1.82) is 0 Å². The first-order chi connectivity index (χ1) is 23.2. The van der Waals surface area contributed by atoms with Gasteiger partial charge in [-0.1, -0.05) is 110 Å². The summed E-state index contributed by atoms with van der Waals surface area (Å²) in [6.07, 6.45) is 32.2. The number of ether oxygens (including phenoxy) is 2. The lowest BCUT2D eigenvalue weighted by Crippen LogP contribution is -2.51. The van der Waals surface area contributed by atoms with E-state index in [1.807, 2.05) is 12.1 Å². The second-order valence-corrected chi connectivity index (χ2v) is 17.6. The van der Waals surface area contributed by atoms with E-state index in [0.717, 1.165) is 80.0 Å². The van der Waals surface area contributed by atoms with Crippen LogP contribution in [0.15, 0.2) is 36.2 Å². The van der Waals surface area contributed by atoms with Crippen molar-refractivity contribution >= 4 is 5.97 Å². The van der Waals surface area contributed by atoms with Crippen LogP contribution >= 0.6 is 0 Å². The number of esters is 1. The van der Waals surface area contributed by atoms with E-state index < -0.39 is 0 Å². The zero-order chi connectivity index (χ0) is 34.0. The van der Waals surface area contributed by atoms with Gasteiger partial charge in [-0.25, -0.2) is 0 Å². The molecule has 0 amide bonds. The van der Waals surface area contributed by atoms with Crippen molar-refractivity contribution < 1.29 is 14.3 Å². The zero-order valence-corrected chi connectivity index (χ0v) is 31.7. The molecular weight excluding hydrogens is 590 g/mol. The molecule has 3 fully saturated rings. The first-order valence-corrected chi connectivity index (χ1v) is 20.6. The van der Waals surface area contributed by atoms with Crippen LogP contribution in [0.1, 0.15) is 169 Å². The fourth-order valence-electron chi connectivity index (χ4n) is 11.2. The zero-order valence-electron chi connectivity index (χ0n) is 31.7. The van der Waals surface area contributed by atoms with Crippen LogP contribution in [0.3, 0.4) is 0 Å². The average molecular weight is 662 g/mol. The average Bonchev–Trinajstić information content (AvgIpc) is 3.43. The lowest BCUT2D eigenvalue weighted by Gasteiger charge is -2.58. The summed E-state index contributed by atoms with van der Waals surface area (Å²) < 4.78 is 11.9. The summed E-state index contributed by atoms with van der Waals surface area (Å²) in [5, 5.41) is 0. The molecule has 5 rings (SSSR count). The Labute approximate surface area is 295 Å². The van der Waals surface area contributed by atoms with Crippen LogP contribution in [-0.2, 0) is 9.53 Å². The standard InChI is InChI=1S/C44H71NO3/c1-33(2)16-15-17-34(3)39-21-22-40-38-20-19-35-32-37(23-27-43(35,4)41(38)24-28-44(39,40)5)48-42(46)18-13-11-9-7-6-8-10-12-14-31-47-36-25-29-45-30-26-36/h19,25-26,29-30,33-34,37-41H,6-18,20-24,27-28,31-32H2,1-5H3/t34-,37?,38+,39-,40+,41+,43+,44-/m1/s1. The third kappa shape index (κ3) is 9.48. The smallest absolute Gasteiger partial charge is 0.306 e. The third-order valence-corrected chi connectivity index (χ3v) is 14.0. The first kappa shape index (κ1) is 37.4. The van der Waals surface area contributed by atoms with Gasteiger partial charge in [-0.2, -0.15) is 0 Å². The van der Waals surface area contributed by atoms with Gasteiger partial charge in [0.1, 0.15) is 11.9 Å². The summed E-state index contributed by atoms with van der Waals surface area (Å²) in [4.78, 5) is 16.8. The van der Waals surface area contributed by atoms with E-state index in [4.69, 9.17) is 9.47 Å². The third-order valence-electron chi connectivity index (χ3n) is 14.0. The molecule has 0 N–H and O–H groups in total. The normalized spacial score (nSPS) is 31.8. The van der Waals surface area contributed by atoms with Crippen molar-refractivity contribution in [2.75, 3.05) is 6.61 Å². The maximum absolute atomic E-state index is 12.8. The molecule has 4 nitrogen and oxygen atoms in total. The largest absolute Gasteiger partial charge is 0.493 e. The van der Waals surface area contributed by atoms with E-state index >= 15 is 0 Å². The maximum Gasteiger partial charge on any atom is 0.306 e. The molecule has 0 bridgehead atoms. The molecule has 0 saturated heterocycles. The Balaban J connectivity index is 0.956. The Morgan fingerprint density at radius 2 is 1.54 bits per heavy atom. The maximum atomic E-state index is 12.8. The second-order valence-electron chi connectivity index (χ2n) is 17.6. The van der Waals surface area contributed by atoms with E-state index in [2.05, 4.69) is 45.7 Å². The summed E-state index contributed by atoms with van der Waals surface area (Å²) >= 11 is 0. The molecule has 1 heterocycles. The summed E-state index contributed by atoms with van der Waals surface area (Å²) in [6.45, 7) is 13.4. The van der Waals surface area contributed by atoms with Gasteiger partial charge in [0.15, 0.2) is 0 Å². The monoisotopic (exact) mass is 662 g/mol. The van der Waals surface area contributed by atoms with Crippen molar-refractivity contribution in [3.05, 3.63) is 36.2 Å². The number of rotatable bonds is 19. The number of carbonyl (C=O) groups excluding carboxylic acids is 1. The lowest BCUT2D eigenvalue weighted by molar-refractivity contribution is -0.151. The predicted molar refractivity (Wildman–Crippen MR) is 199 cm³/mol. The molecule has 4 aliphatic carbocycles. The van der Waals surface area contributed by atoms with Crippen molar-refractivity contribution in [3.8, 4) is 5.75 Å². The number of nitrogens with zero attached hydrogens (tertiary/aromatic N) is 1. The number of unbranched alkanes of at least 4 members (excludes halogenated alkanes) is 8. The fourth-order valence-corrected chi connectivity index (χ4v) is 11.2. The molecule has 0 radical (unpaired) electrons. The molecule has 3 saturated carbocycles. The number of allylic oxidation sites excluding steroid dienone is 1. The van der Waals surface area contributed by atoms with Crippen LogP contribution in [-0.4, -0.2) is 23.7 Å². The minimum Gasteiger partial charge on any atom is -0.493 e. The molecule has 1 aromatic rings. The predicted octanol–water partition coefficient (Wildman–Crippen LogP) is 12.3. The molecule has 1 unspecified atom stereocenters. The fraction of sp³-hybridized carbons (Fsp3) is 0.818. The van der Waals surface area contributed by atoms with Gasteiger partial charge in [-0.15, -0.1) is 0 Å². The van der Waals surface area contributed by atoms with E-state index in [0.29, 0.717) is 17.3 Å². The Hall–Kier alpha value is -1.84. The molecule has 0 spiro atoms. The summed E-state index contributed by atoms with van der Waals surface area (Å²) in [7, 11) is 0. The van der Waals surface area contributed by atoms with E-state index in [-0.39, 0.29) is 12.1 Å². The van der Waals surface area contributed by atoms with Crippen LogP contribution in [0.4, 0.5) is 0 Å². The minimum atomic E-state index is 0.0415. The van der Waals surface area contributed by atoms with E-state index in [1.54, 1.807) is 18.0 Å². The Morgan fingerprint density at radius 1 is 0.833 bits per heavy atom. The number of fused-ring (bicyclic) bond motifs is 5. The number of hydrogen-bond donors (Lipinski definition) is 0. The van der Waals surface area contributed by atoms with Crippen LogP contribution in [0.2, 0.25) is 0 Å². The van der Waals surface area contributed by atoms with Gasteiger partial charge in [-0.05, 0) is 116 Å². The molecular formula is C44H71NO3. The topological polar surface area (TPSA) is 48.4 Å². The van der Waals surface area contributed by atoms with Gasteiger partial charge in [0, 0.05) is 25.2 Å². The van der Waals surface area contributed by atoms with Gasteiger partial charge in [-0.3, -0.25) is 9.78 Å².